The molecule has 178 valence electrons. The van der Waals surface area contributed by atoms with Gasteiger partial charge in [0.05, 0.1) is 5.92 Å². The first-order chi connectivity index (χ1) is 16.1. The average molecular weight is 475 g/mol. The molecule has 1 N–H and O–H groups in total. The molecule has 3 aliphatic heterocycles. The van der Waals surface area contributed by atoms with Crippen molar-refractivity contribution in [2.75, 3.05) is 46.6 Å². The smallest absolute Gasteiger partial charge is 0.231 e. The fourth-order valence-electron chi connectivity index (χ4n) is 4.91. The maximum Gasteiger partial charge on any atom is 0.231 e. The summed E-state index contributed by atoms with van der Waals surface area (Å²) in [6, 6.07) is 3.82. The van der Waals surface area contributed by atoms with E-state index in [1.165, 1.54) is 0 Å². The second kappa shape index (κ2) is 9.87. The first kappa shape index (κ1) is 22.4. The highest BCUT2D eigenvalue weighted by molar-refractivity contribution is 6.31. The van der Waals surface area contributed by atoms with E-state index in [2.05, 4.69) is 36.9 Å². The molecule has 1 aromatic heterocycles. The first-order valence-corrected chi connectivity index (χ1v) is 12.1. The van der Waals surface area contributed by atoms with Crippen molar-refractivity contribution in [3.8, 4) is 11.5 Å². The molecule has 0 bridgehead atoms. The Morgan fingerprint density at radius 2 is 2.03 bits per heavy atom. The van der Waals surface area contributed by atoms with Crippen molar-refractivity contribution >= 4 is 17.5 Å². The van der Waals surface area contributed by atoms with Crippen LogP contribution in [0.15, 0.2) is 12.1 Å². The molecule has 10 heteroatoms. The van der Waals surface area contributed by atoms with Crippen LogP contribution in [0.4, 0.5) is 0 Å². The number of piperidine rings is 1. The van der Waals surface area contributed by atoms with Crippen LogP contribution < -0.4 is 14.8 Å². The minimum absolute atomic E-state index is 0.0934. The molecule has 0 aliphatic carbocycles. The number of halogens is 1. The second-order valence-corrected chi connectivity index (χ2v) is 9.56. The molecule has 0 radical (unpaired) electrons. The highest BCUT2D eigenvalue weighted by atomic mass is 35.5. The van der Waals surface area contributed by atoms with Crippen LogP contribution in [-0.4, -0.2) is 77.0 Å². The quantitative estimate of drug-likeness (QED) is 0.682. The Kier molecular flexibility index (Phi) is 6.71. The van der Waals surface area contributed by atoms with Gasteiger partial charge in [-0.3, -0.25) is 9.69 Å². The van der Waals surface area contributed by atoms with E-state index < -0.39 is 0 Å². The van der Waals surface area contributed by atoms with E-state index in [1.54, 1.807) is 0 Å². The summed E-state index contributed by atoms with van der Waals surface area (Å²) >= 11 is 6.48. The number of rotatable bonds is 6. The predicted octanol–water partition coefficient (Wildman–Crippen LogP) is 1.72. The largest absolute Gasteiger partial charge is 0.454 e. The lowest BCUT2D eigenvalue weighted by Crippen LogP contribution is -2.42. The first-order valence-electron chi connectivity index (χ1n) is 11.7. The van der Waals surface area contributed by atoms with E-state index in [9.17, 15) is 4.79 Å². The third kappa shape index (κ3) is 5.10. The molecule has 0 spiro atoms. The molecule has 1 amide bonds. The normalized spacial score (nSPS) is 21.0. The third-order valence-corrected chi connectivity index (χ3v) is 7.13. The molecule has 1 saturated heterocycles. The molecule has 9 nitrogen and oxygen atoms in total. The van der Waals surface area contributed by atoms with Gasteiger partial charge in [0.15, 0.2) is 11.5 Å². The number of hydrogen-bond acceptors (Lipinski definition) is 7. The number of ether oxygens (including phenoxy) is 2. The minimum Gasteiger partial charge on any atom is -0.454 e. The number of aromatic nitrogens is 3. The van der Waals surface area contributed by atoms with Crippen LogP contribution in [0.2, 0.25) is 5.02 Å². The molecule has 2 aromatic rings. The molecule has 0 saturated carbocycles. The Morgan fingerprint density at radius 1 is 1.18 bits per heavy atom. The Morgan fingerprint density at radius 3 is 2.88 bits per heavy atom. The fraction of sp³-hybridized carbons (Fsp3) is 0.609. The number of likely N-dealkylation sites (tertiary alicyclic amines) is 1. The van der Waals surface area contributed by atoms with Crippen LogP contribution >= 0.6 is 11.6 Å². The van der Waals surface area contributed by atoms with E-state index in [1.807, 2.05) is 12.1 Å². The highest BCUT2D eigenvalue weighted by Gasteiger charge is 2.24. The number of hydrogen-bond donors (Lipinski definition) is 1. The van der Waals surface area contributed by atoms with Crippen LogP contribution in [0.3, 0.4) is 0 Å². The van der Waals surface area contributed by atoms with Crippen LogP contribution in [0, 0.1) is 5.92 Å². The van der Waals surface area contributed by atoms with Gasteiger partial charge in [0.2, 0.25) is 12.7 Å². The monoisotopic (exact) mass is 474 g/mol. The van der Waals surface area contributed by atoms with E-state index in [4.69, 9.17) is 21.1 Å². The maximum atomic E-state index is 12.5. The van der Waals surface area contributed by atoms with Gasteiger partial charge in [0.25, 0.3) is 0 Å². The van der Waals surface area contributed by atoms with Gasteiger partial charge < -0.3 is 24.3 Å². The topological polar surface area (TPSA) is 84.8 Å². The number of nitrogens with zero attached hydrogens (tertiary/aromatic N) is 5. The number of benzene rings is 1. The summed E-state index contributed by atoms with van der Waals surface area (Å²) < 4.78 is 13.1. The van der Waals surface area contributed by atoms with E-state index in [-0.39, 0.29) is 18.6 Å². The number of nitrogens with one attached hydrogen (secondary N) is 1. The summed E-state index contributed by atoms with van der Waals surface area (Å²) in [5.74, 6) is 3.65. The van der Waals surface area contributed by atoms with Gasteiger partial charge in [-0.25, -0.2) is 0 Å². The molecule has 1 fully saturated rings. The summed E-state index contributed by atoms with van der Waals surface area (Å²) in [5.41, 5.74) is 1.04. The Balaban J connectivity index is 1.15. The van der Waals surface area contributed by atoms with Crippen molar-refractivity contribution in [3.05, 3.63) is 34.4 Å². The summed E-state index contributed by atoms with van der Waals surface area (Å²) in [6.45, 7) is 6.08. The number of fused-ring (bicyclic) bond motifs is 2. The summed E-state index contributed by atoms with van der Waals surface area (Å²) in [5, 5.41) is 12.6. The van der Waals surface area contributed by atoms with E-state index in [0.29, 0.717) is 23.7 Å². The van der Waals surface area contributed by atoms with Crippen molar-refractivity contribution in [3.63, 3.8) is 0 Å². The predicted molar refractivity (Wildman–Crippen MR) is 124 cm³/mol. The zero-order valence-corrected chi connectivity index (χ0v) is 19.8. The van der Waals surface area contributed by atoms with Gasteiger partial charge in [-0.2, -0.15) is 0 Å². The molecule has 1 atom stereocenters. The molecule has 4 heterocycles. The van der Waals surface area contributed by atoms with Crippen molar-refractivity contribution in [1.82, 2.24) is 29.9 Å². The second-order valence-electron chi connectivity index (χ2n) is 9.15. The molecule has 5 rings (SSSR count). The molecule has 1 aromatic carbocycles. The van der Waals surface area contributed by atoms with E-state index >= 15 is 0 Å². The lowest BCUT2D eigenvalue weighted by molar-refractivity contribution is -0.126. The molecular weight excluding hydrogens is 444 g/mol. The average Bonchev–Trinajstić information content (AvgIpc) is 3.36. The minimum atomic E-state index is 0.0934. The molecule has 0 unspecified atom stereocenters. The zero-order chi connectivity index (χ0) is 22.8. The van der Waals surface area contributed by atoms with Gasteiger partial charge in [0, 0.05) is 63.2 Å². The highest BCUT2D eigenvalue weighted by Crippen LogP contribution is 2.37. The lowest BCUT2D eigenvalue weighted by atomic mass is 9.97. The summed E-state index contributed by atoms with van der Waals surface area (Å²) in [6.07, 6.45) is 3.57. The van der Waals surface area contributed by atoms with Crippen LogP contribution in [0.25, 0.3) is 0 Å². The van der Waals surface area contributed by atoms with Crippen molar-refractivity contribution in [2.24, 2.45) is 5.92 Å². The van der Waals surface area contributed by atoms with Crippen molar-refractivity contribution in [1.29, 1.82) is 0 Å². The van der Waals surface area contributed by atoms with Gasteiger partial charge in [0.1, 0.15) is 11.6 Å². The standard InChI is InChI=1S/C23H31ClN6O3/c1-28-7-2-3-16(13-28)23(31)25-6-4-21-26-27-22-5-8-29(9-10-30(21)22)14-17-11-19-20(12-18(17)24)33-15-32-19/h11-12,16H,2-10,13-15H2,1H3,(H,25,31)/t16-/m0/s1. The molecular formula is C23H31ClN6O3. The number of amides is 1. The van der Waals surface area contributed by atoms with Crippen molar-refractivity contribution in [2.45, 2.75) is 38.8 Å². The maximum absolute atomic E-state index is 12.5. The SMILES string of the molecule is CN1CCC[C@H](C(=O)NCCc2nnc3n2CCN(Cc2cc4c(cc2Cl)OCO4)CC3)C1. The molecule has 33 heavy (non-hydrogen) atoms. The van der Waals surface area contributed by atoms with Crippen LogP contribution in [0.5, 0.6) is 11.5 Å². The third-order valence-electron chi connectivity index (χ3n) is 6.77. The van der Waals surface area contributed by atoms with Crippen molar-refractivity contribution < 1.29 is 14.3 Å². The summed E-state index contributed by atoms with van der Waals surface area (Å²) in [7, 11) is 2.08. The fourth-order valence-corrected chi connectivity index (χ4v) is 5.13. The van der Waals surface area contributed by atoms with Gasteiger partial charge in [-0.1, -0.05) is 11.6 Å². The Bertz CT molecular complexity index is 1010. The van der Waals surface area contributed by atoms with Gasteiger partial charge >= 0.3 is 0 Å². The lowest BCUT2D eigenvalue weighted by Gasteiger charge is -2.28. The van der Waals surface area contributed by atoms with Crippen LogP contribution in [-0.2, 0) is 30.7 Å². The Labute approximate surface area is 199 Å². The van der Waals surface area contributed by atoms with Crippen LogP contribution in [0.1, 0.15) is 30.1 Å². The van der Waals surface area contributed by atoms with E-state index in [0.717, 1.165) is 81.5 Å². The van der Waals surface area contributed by atoms with Gasteiger partial charge in [-0.15, -0.1) is 10.2 Å². The van der Waals surface area contributed by atoms with Gasteiger partial charge in [-0.05, 0) is 38.1 Å². The number of carbonyl (C=O) groups is 1. The summed E-state index contributed by atoms with van der Waals surface area (Å²) in [4.78, 5) is 17.1. The number of carbonyl (C=O) groups excluding carboxylic acids is 1. The molecule has 3 aliphatic rings. The Hall–Kier alpha value is -2.36. The zero-order valence-electron chi connectivity index (χ0n) is 19.1.